The maximum absolute atomic E-state index is 12.8. The lowest BCUT2D eigenvalue weighted by atomic mass is 9.94. The fourth-order valence-electron chi connectivity index (χ4n) is 3.62. The Bertz CT molecular complexity index is 795. The van der Waals surface area contributed by atoms with Gasteiger partial charge in [0.15, 0.2) is 5.69 Å². The lowest BCUT2D eigenvalue weighted by molar-refractivity contribution is -0.140. The smallest absolute Gasteiger partial charge is 0.276 e. The highest BCUT2D eigenvalue weighted by Gasteiger charge is 2.42. The Kier molecular flexibility index (Phi) is 4.12. The Hall–Kier alpha value is -2.48. The van der Waals surface area contributed by atoms with Gasteiger partial charge in [-0.15, -0.1) is 11.3 Å². The van der Waals surface area contributed by atoms with Crippen LogP contribution in [-0.4, -0.2) is 55.8 Å². The monoisotopic (exact) mass is 358 g/mol. The van der Waals surface area contributed by atoms with Gasteiger partial charge in [0.2, 0.25) is 5.91 Å². The number of carbonyl (C=O) groups is 2. The van der Waals surface area contributed by atoms with Crippen LogP contribution in [0.1, 0.15) is 29.0 Å². The number of carbonyl (C=O) groups excluding carboxylic acids is 2. The molecule has 0 aliphatic carbocycles. The fraction of sp³-hybridized carbons (Fsp3) is 0.412. The second-order valence-corrected chi connectivity index (χ2v) is 7.17. The van der Waals surface area contributed by atoms with E-state index < -0.39 is 0 Å². The van der Waals surface area contributed by atoms with Gasteiger partial charge in [0.25, 0.3) is 5.91 Å². The maximum Gasteiger partial charge on any atom is 0.276 e. The zero-order valence-electron chi connectivity index (χ0n) is 13.5. The van der Waals surface area contributed by atoms with Crippen LogP contribution >= 0.6 is 11.3 Å². The Labute approximate surface area is 148 Å². The van der Waals surface area contributed by atoms with Crippen molar-refractivity contribution >= 4 is 23.2 Å². The van der Waals surface area contributed by atoms with Crippen molar-refractivity contribution in [3.8, 4) is 5.75 Å². The fourth-order valence-corrected chi connectivity index (χ4v) is 4.17. The average Bonchev–Trinajstić information content (AvgIpc) is 2.98. The third kappa shape index (κ3) is 2.97. The van der Waals surface area contributed by atoms with Gasteiger partial charge >= 0.3 is 0 Å². The molecule has 5 rings (SSSR count). The SMILES string of the molecule is O=C(c1ncccc1O)N1C[C@@H]2CC[C@H](C1)N(Cc1cscn1)C2=O. The van der Waals surface area contributed by atoms with Crippen LogP contribution in [0.25, 0.3) is 0 Å². The molecule has 0 aromatic carbocycles. The number of pyridine rings is 1. The summed E-state index contributed by atoms with van der Waals surface area (Å²) >= 11 is 1.51. The second-order valence-electron chi connectivity index (χ2n) is 6.46. The van der Waals surface area contributed by atoms with Gasteiger partial charge in [-0.2, -0.15) is 0 Å². The quantitative estimate of drug-likeness (QED) is 0.899. The number of aromatic hydroxyl groups is 1. The summed E-state index contributed by atoms with van der Waals surface area (Å²) in [5.41, 5.74) is 2.68. The Morgan fingerprint density at radius 3 is 2.96 bits per heavy atom. The predicted molar refractivity (Wildman–Crippen MR) is 91.0 cm³/mol. The van der Waals surface area contributed by atoms with Crippen LogP contribution in [0, 0.1) is 5.92 Å². The summed E-state index contributed by atoms with van der Waals surface area (Å²) in [6.07, 6.45) is 3.15. The van der Waals surface area contributed by atoms with Gasteiger partial charge in [-0.05, 0) is 25.0 Å². The molecule has 0 unspecified atom stereocenters. The van der Waals surface area contributed by atoms with E-state index in [-0.39, 0.29) is 35.2 Å². The summed E-state index contributed by atoms with van der Waals surface area (Å²) in [6.45, 7) is 1.32. The number of rotatable bonds is 3. The number of hydrogen-bond acceptors (Lipinski definition) is 6. The van der Waals surface area contributed by atoms with Crippen LogP contribution < -0.4 is 0 Å². The van der Waals surface area contributed by atoms with Gasteiger partial charge in [-0.25, -0.2) is 9.97 Å². The number of thiazole rings is 1. The van der Waals surface area contributed by atoms with Gasteiger partial charge < -0.3 is 14.9 Å². The molecule has 0 radical (unpaired) electrons. The summed E-state index contributed by atoms with van der Waals surface area (Å²) in [5, 5.41) is 11.9. The molecule has 3 saturated heterocycles. The van der Waals surface area contributed by atoms with Crippen LogP contribution in [0.4, 0.5) is 0 Å². The lowest BCUT2D eigenvalue weighted by Crippen LogP contribution is -2.47. The van der Waals surface area contributed by atoms with E-state index >= 15 is 0 Å². The summed E-state index contributed by atoms with van der Waals surface area (Å²) in [5.74, 6) is -0.565. The Morgan fingerprint density at radius 2 is 2.20 bits per heavy atom. The summed E-state index contributed by atoms with van der Waals surface area (Å²) in [7, 11) is 0. The van der Waals surface area contributed by atoms with Gasteiger partial charge in [-0.3, -0.25) is 9.59 Å². The van der Waals surface area contributed by atoms with Gasteiger partial charge in [0, 0.05) is 30.7 Å². The molecular weight excluding hydrogens is 340 g/mol. The first-order valence-corrected chi connectivity index (χ1v) is 9.18. The molecule has 2 bridgehead atoms. The molecule has 0 saturated carbocycles. The van der Waals surface area contributed by atoms with Gasteiger partial charge in [0.1, 0.15) is 5.75 Å². The minimum absolute atomic E-state index is 0.0252. The lowest BCUT2D eigenvalue weighted by Gasteiger charge is -2.35. The largest absolute Gasteiger partial charge is 0.505 e. The minimum Gasteiger partial charge on any atom is -0.505 e. The van der Waals surface area contributed by atoms with Crippen molar-refractivity contribution in [1.29, 1.82) is 0 Å². The molecule has 2 aromatic heterocycles. The highest BCUT2D eigenvalue weighted by molar-refractivity contribution is 7.07. The topological polar surface area (TPSA) is 86.6 Å². The normalized spacial score (nSPS) is 23.0. The molecular formula is C17H18N4O3S. The summed E-state index contributed by atoms with van der Waals surface area (Å²) < 4.78 is 0. The molecule has 2 aromatic rings. The predicted octanol–water partition coefficient (Wildman–Crippen LogP) is 1.51. The first kappa shape index (κ1) is 16.0. The molecule has 3 aliphatic rings. The molecule has 2 atom stereocenters. The first-order valence-electron chi connectivity index (χ1n) is 8.24. The number of hydrogen-bond donors (Lipinski definition) is 1. The molecule has 3 fully saturated rings. The van der Waals surface area contributed by atoms with E-state index in [1.807, 2.05) is 10.3 Å². The van der Waals surface area contributed by atoms with E-state index in [1.165, 1.54) is 23.6 Å². The van der Waals surface area contributed by atoms with Crippen molar-refractivity contribution in [3.63, 3.8) is 0 Å². The molecule has 8 heteroatoms. The summed E-state index contributed by atoms with van der Waals surface area (Å²) in [4.78, 5) is 37.4. The van der Waals surface area contributed by atoms with Crippen molar-refractivity contribution in [2.75, 3.05) is 13.1 Å². The van der Waals surface area contributed by atoms with Gasteiger partial charge in [0.05, 0.1) is 23.7 Å². The molecule has 7 nitrogen and oxygen atoms in total. The first-order chi connectivity index (χ1) is 12.1. The van der Waals surface area contributed by atoms with Crippen molar-refractivity contribution in [3.05, 3.63) is 40.6 Å². The number of piperidine rings is 1. The molecule has 5 heterocycles. The van der Waals surface area contributed by atoms with Gasteiger partial charge in [-0.1, -0.05) is 0 Å². The zero-order valence-corrected chi connectivity index (χ0v) is 14.4. The average molecular weight is 358 g/mol. The maximum atomic E-state index is 12.8. The Balaban J connectivity index is 1.57. The molecule has 2 amide bonds. The molecule has 0 spiro atoms. The van der Waals surface area contributed by atoms with Crippen LogP contribution in [0.5, 0.6) is 5.75 Å². The van der Waals surface area contributed by atoms with E-state index in [0.29, 0.717) is 19.6 Å². The van der Waals surface area contributed by atoms with Crippen molar-refractivity contribution in [2.24, 2.45) is 5.92 Å². The number of aromatic nitrogens is 2. The van der Waals surface area contributed by atoms with Crippen LogP contribution in [0.15, 0.2) is 29.2 Å². The second kappa shape index (κ2) is 6.44. The van der Waals surface area contributed by atoms with Crippen LogP contribution in [0.2, 0.25) is 0 Å². The molecule has 1 N–H and O–H groups in total. The molecule has 3 aliphatic heterocycles. The van der Waals surface area contributed by atoms with E-state index in [0.717, 1.165) is 18.5 Å². The van der Waals surface area contributed by atoms with Crippen molar-refractivity contribution < 1.29 is 14.7 Å². The van der Waals surface area contributed by atoms with E-state index in [1.54, 1.807) is 16.5 Å². The molecule has 25 heavy (non-hydrogen) atoms. The van der Waals surface area contributed by atoms with Crippen LogP contribution in [-0.2, 0) is 11.3 Å². The van der Waals surface area contributed by atoms with E-state index in [2.05, 4.69) is 9.97 Å². The minimum atomic E-state index is -0.321. The third-order valence-electron chi connectivity index (χ3n) is 4.89. The number of fused-ring (bicyclic) bond motifs is 4. The number of nitrogens with zero attached hydrogens (tertiary/aromatic N) is 4. The van der Waals surface area contributed by atoms with Crippen molar-refractivity contribution in [1.82, 2.24) is 19.8 Å². The highest BCUT2D eigenvalue weighted by atomic mass is 32.1. The van der Waals surface area contributed by atoms with E-state index in [4.69, 9.17) is 0 Å². The Morgan fingerprint density at radius 1 is 1.32 bits per heavy atom. The zero-order chi connectivity index (χ0) is 17.4. The molecule has 130 valence electrons. The van der Waals surface area contributed by atoms with Crippen molar-refractivity contribution in [2.45, 2.75) is 25.4 Å². The highest BCUT2D eigenvalue weighted by Crippen LogP contribution is 2.31. The van der Waals surface area contributed by atoms with E-state index in [9.17, 15) is 14.7 Å². The number of amides is 2. The van der Waals surface area contributed by atoms with Crippen LogP contribution in [0.3, 0.4) is 0 Å². The third-order valence-corrected chi connectivity index (χ3v) is 5.52. The standard InChI is InChI=1S/C17H18N4O3S/c22-14-2-1-5-18-15(14)17(24)20-6-11-3-4-13(8-20)21(16(11)23)7-12-9-25-10-19-12/h1-2,5,9-11,13,22H,3-4,6-8H2/t11-,13+/m0/s1. The summed E-state index contributed by atoms with van der Waals surface area (Å²) in [6, 6.07) is 3.01.